The van der Waals surface area contributed by atoms with Crippen molar-refractivity contribution in [3.63, 3.8) is 0 Å². The van der Waals surface area contributed by atoms with Gasteiger partial charge in [0.05, 0.1) is 0 Å². The first-order valence-corrected chi connectivity index (χ1v) is 5.66. The third-order valence-electron chi connectivity index (χ3n) is 2.63. The van der Waals surface area contributed by atoms with Crippen LogP contribution in [0, 0.1) is 12.3 Å². The van der Waals surface area contributed by atoms with Crippen LogP contribution in [0.5, 0.6) is 5.75 Å². The van der Waals surface area contributed by atoms with E-state index in [0.717, 1.165) is 12.0 Å². The zero-order chi connectivity index (χ0) is 12.0. The number of phenolic OH excluding ortho intramolecular Hbond substituents is 1. The molecule has 2 atom stereocenters. The molecule has 2 unspecified atom stereocenters. The highest BCUT2D eigenvalue weighted by Crippen LogP contribution is 2.26. The minimum absolute atomic E-state index is 0.157. The van der Waals surface area contributed by atoms with Crippen molar-refractivity contribution in [2.45, 2.75) is 38.8 Å². The Bertz CT molecular complexity index is 367. The normalized spacial score (nSPS) is 14.1. The molecule has 16 heavy (non-hydrogen) atoms. The fraction of sp³-hybridized carbons (Fsp3) is 0.429. The minimum Gasteiger partial charge on any atom is -0.508 e. The standard InChI is InChI=1S/C14H19NO/c1-4-8-11(3)15-13(5-2)12-9-6-7-10-14(12)16/h1,6-7,9-11,13,15-16H,5,8H2,2-3H3. The number of aromatic hydroxyl groups is 1. The zero-order valence-corrected chi connectivity index (χ0v) is 9.90. The smallest absolute Gasteiger partial charge is 0.120 e. The molecule has 1 aromatic carbocycles. The Morgan fingerprint density at radius 3 is 2.69 bits per heavy atom. The summed E-state index contributed by atoms with van der Waals surface area (Å²) in [6.45, 7) is 4.15. The van der Waals surface area contributed by atoms with Crippen molar-refractivity contribution in [1.29, 1.82) is 0 Å². The predicted octanol–water partition coefficient (Wildman–Crippen LogP) is 2.84. The molecule has 1 rings (SSSR count). The number of nitrogens with one attached hydrogen (secondary N) is 1. The van der Waals surface area contributed by atoms with Crippen LogP contribution < -0.4 is 5.32 Å². The summed E-state index contributed by atoms with van der Waals surface area (Å²) >= 11 is 0. The van der Waals surface area contributed by atoms with Crippen molar-refractivity contribution in [3.8, 4) is 18.1 Å². The largest absolute Gasteiger partial charge is 0.508 e. The minimum atomic E-state index is 0.157. The summed E-state index contributed by atoms with van der Waals surface area (Å²) in [4.78, 5) is 0. The molecule has 0 aliphatic rings. The van der Waals surface area contributed by atoms with Crippen LogP contribution in [-0.4, -0.2) is 11.1 Å². The predicted molar refractivity (Wildman–Crippen MR) is 67.2 cm³/mol. The van der Waals surface area contributed by atoms with Gasteiger partial charge >= 0.3 is 0 Å². The summed E-state index contributed by atoms with van der Waals surface area (Å²) in [7, 11) is 0. The SMILES string of the molecule is C#CCC(C)NC(CC)c1ccccc1O. The number of rotatable bonds is 5. The van der Waals surface area contributed by atoms with Gasteiger partial charge < -0.3 is 10.4 Å². The van der Waals surface area contributed by atoms with Gasteiger partial charge in [-0.2, -0.15) is 0 Å². The Balaban J connectivity index is 2.76. The van der Waals surface area contributed by atoms with Crippen LogP contribution in [0.1, 0.15) is 38.3 Å². The monoisotopic (exact) mass is 217 g/mol. The average molecular weight is 217 g/mol. The summed E-state index contributed by atoms with van der Waals surface area (Å²) in [5.41, 5.74) is 0.939. The van der Waals surface area contributed by atoms with Gasteiger partial charge in [-0.3, -0.25) is 0 Å². The number of hydrogen-bond donors (Lipinski definition) is 2. The fourth-order valence-corrected chi connectivity index (χ4v) is 1.79. The molecule has 0 saturated carbocycles. The Labute approximate surface area is 97.7 Å². The highest BCUT2D eigenvalue weighted by molar-refractivity contribution is 5.34. The van der Waals surface area contributed by atoms with E-state index in [9.17, 15) is 5.11 Å². The molecule has 0 saturated heterocycles. The molecule has 0 aromatic heterocycles. The molecular weight excluding hydrogens is 198 g/mol. The van der Waals surface area contributed by atoms with Crippen molar-refractivity contribution < 1.29 is 5.11 Å². The second-order valence-electron chi connectivity index (χ2n) is 4.00. The Kier molecular flexibility index (Phi) is 4.88. The second-order valence-corrected chi connectivity index (χ2v) is 4.00. The van der Waals surface area contributed by atoms with E-state index in [2.05, 4.69) is 25.1 Å². The lowest BCUT2D eigenvalue weighted by molar-refractivity contribution is 0.417. The molecule has 2 N–H and O–H groups in total. The van der Waals surface area contributed by atoms with Gasteiger partial charge in [-0.25, -0.2) is 0 Å². The van der Waals surface area contributed by atoms with Gasteiger partial charge in [-0.05, 0) is 19.4 Å². The fourth-order valence-electron chi connectivity index (χ4n) is 1.79. The van der Waals surface area contributed by atoms with Crippen molar-refractivity contribution in [2.75, 3.05) is 0 Å². The number of hydrogen-bond acceptors (Lipinski definition) is 2. The molecule has 0 heterocycles. The summed E-state index contributed by atoms with van der Waals surface area (Å²) in [6, 6.07) is 7.84. The molecule has 2 nitrogen and oxygen atoms in total. The van der Waals surface area contributed by atoms with Crippen LogP contribution in [0.4, 0.5) is 0 Å². The maximum atomic E-state index is 9.77. The Morgan fingerprint density at radius 1 is 1.44 bits per heavy atom. The zero-order valence-electron chi connectivity index (χ0n) is 9.90. The maximum absolute atomic E-state index is 9.77. The van der Waals surface area contributed by atoms with Crippen molar-refractivity contribution in [3.05, 3.63) is 29.8 Å². The molecule has 0 aliphatic carbocycles. The molecule has 0 radical (unpaired) electrons. The van der Waals surface area contributed by atoms with Gasteiger partial charge in [0, 0.05) is 24.1 Å². The number of phenols is 1. The lowest BCUT2D eigenvalue weighted by atomic mass is 10.0. The second kappa shape index (κ2) is 6.19. The topological polar surface area (TPSA) is 32.3 Å². The maximum Gasteiger partial charge on any atom is 0.120 e. The third-order valence-corrected chi connectivity index (χ3v) is 2.63. The highest BCUT2D eigenvalue weighted by atomic mass is 16.3. The van der Waals surface area contributed by atoms with Crippen LogP contribution >= 0.6 is 0 Å². The van der Waals surface area contributed by atoms with E-state index >= 15 is 0 Å². The van der Waals surface area contributed by atoms with Crippen LogP contribution in [-0.2, 0) is 0 Å². The molecule has 2 heteroatoms. The molecule has 0 bridgehead atoms. The van der Waals surface area contributed by atoms with Gasteiger partial charge in [0.1, 0.15) is 5.75 Å². The molecule has 0 aliphatic heterocycles. The lowest BCUT2D eigenvalue weighted by Crippen LogP contribution is -2.29. The van der Waals surface area contributed by atoms with E-state index in [-0.39, 0.29) is 12.1 Å². The molecule has 0 fully saturated rings. The molecule has 86 valence electrons. The van der Waals surface area contributed by atoms with Crippen molar-refractivity contribution in [1.82, 2.24) is 5.32 Å². The first-order valence-electron chi connectivity index (χ1n) is 5.66. The van der Waals surface area contributed by atoms with Crippen LogP contribution in [0.2, 0.25) is 0 Å². The van der Waals surface area contributed by atoms with E-state index in [1.165, 1.54) is 0 Å². The lowest BCUT2D eigenvalue weighted by Gasteiger charge is -2.22. The summed E-state index contributed by atoms with van der Waals surface area (Å²) in [6.07, 6.45) is 6.90. The number of terminal acetylenes is 1. The molecule has 1 aromatic rings. The number of benzene rings is 1. The third kappa shape index (κ3) is 3.29. The Morgan fingerprint density at radius 2 is 2.12 bits per heavy atom. The van der Waals surface area contributed by atoms with Crippen molar-refractivity contribution in [2.24, 2.45) is 0 Å². The number of para-hydroxylation sites is 1. The van der Waals surface area contributed by atoms with Gasteiger partial charge in [-0.15, -0.1) is 12.3 Å². The van der Waals surface area contributed by atoms with E-state index in [4.69, 9.17) is 6.42 Å². The van der Waals surface area contributed by atoms with Crippen LogP contribution in [0.3, 0.4) is 0 Å². The first kappa shape index (κ1) is 12.6. The van der Waals surface area contributed by atoms with Gasteiger partial charge in [-0.1, -0.05) is 25.1 Å². The van der Waals surface area contributed by atoms with Gasteiger partial charge in [0.15, 0.2) is 0 Å². The average Bonchev–Trinajstić information content (AvgIpc) is 2.27. The molecular formula is C14H19NO. The van der Waals surface area contributed by atoms with Gasteiger partial charge in [0.25, 0.3) is 0 Å². The first-order chi connectivity index (χ1) is 7.69. The van der Waals surface area contributed by atoms with E-state index < -0.39 is 0 Å². The quantitative estimate of drug-likeness (QED) is 0.743. The van der Waals surface area contributed by atoms with Crippen LogP contribution in [0.25, 0.3) is 0 Å². The summed E-state index contributed by atoms with van der Waals surface area (Å²) in [5, 5.41) is 13.2. The van der Waals surface area contributed by atoms with Gasteiger partial charge in [0.2, 0.25) is 0 Å². The summed E-state index contributed by atoms with van der Waals surface area (Å²) in [5.74, 6) is 2.98. The molecule has 0 spiro atoms. The van der Waals surface area contributed by atoms with E-state index in [0.29, 0.717) is 12.2 Å². The van der Waals surface area contributed by atoms with Crippen LogP contribution in [0.15, 0.2) is 24.3 Å². The van der Waals surface area contributed by atoms with E-state index in [1.807, 2.05) is 18.2 Å². The van der Waals surface area contributed by atoms with E-state index in [1.54, 1.807) is 6.07 Å². The Hall–Kier alpha value is -1.46. The highest BCUT2D eigenvalue weighted by Gasteiger charge is 2.14. The van der Waals surface area contributed by atoms with Crippen molar-refractivity contribution >= 4 is 0 Å². The molecule has 0 amide bonds. The summed E-state index contributed by atoms with van der Waals surface area (Å²) < 4.78 is 0.